The molecule has 1 heterocycles. The molecule has 78 valence electrons. The Morgan fingerprint density at radius 1 is 1.40 bits per heavy atom. The minimum Gasteiger partial charge on any atom is -0.207 e. The van der Waals surface area contributed by atoms with Crippen LogP contribution in [0.3, 0.4) is 0 Å². The van der Waals surface area contributed by atoms with Crippen molar-refractivity contribution in [2.45, 2.75) is 5.33 Å². The molecular formula is C10H6Br2FNS. The van der Waals surface area contributed by atoms with Gasteiger partial charge in [0, 0.05) is 26.3 Å². The fourth-order valence-corrected chi connectivity index (χ4v) is 3.13. The number of benzene rings is 1. The smallest absolute Gasteiger partial charge is 0.124 e. The second-order valence-electron chi connectivity index (χ2n) is 2.95. The maximum atomic E-state index is 12.9. The largest absolute Gasteiger partial charge is 0.207 e. The second kappa shape index (κ2) is 4.72. The predicted molar refractivity (Wildman–Crippen MR) is 67.8 cm³/mol. The standard InChI is InChI=1S/C10H6Br2FNS/c11-4-6-5-15-14-10(6)8-2-1-7(13)3-9(8)12/h1-3,5H,4H2. The average Bonchev–Trinajstić information content (AvgIpc) is 2.65. The molecule has 0 aliphatic heterocycles. The van der Waals surface area contributed by atoms with Crippen LogP contribution >= 0.6 is 43.4 Å². The van der Waals surface area contributed by atoms with Crippen molar-refractivity contribution in [2.75, 3.05) is 0 Å². The van der Waals surface area contributed by atoms with E-state index in [1.54, 1.807) is 6.07 Å². The average molecular weight is 351 g/mol. The van der Waals surface area contributed by atoms with Crippen LogP contribution in [0.4, 0.5) is 4.39 Å². The normalized spacial score (nSPS) is 10.6. The third-order valence-corrected chi connectivity index (χ3v) is 3.91. The zero-order valence-corrected chi connectivity index (χ0v) is 11.5. The van der Waals surface area contributed by atoms with Crippen LogP contribution in [-0.4, -0.2) is 4.37 Å². The van der Waals surface area contributed by atoms with Crippen LogP contribution in [0.25, 0.3) is 11.3 Å². The second-order valence-corrected chi connectivity index (χ2v) is 4.99. The quantitative estimate of drug-likeness (QED) is 0.721. The third kappa shape index (κ3) is 2.29. The molecule has 2 rings (SSSR count). The van der Waals surface area contributed by atoms with Gasteiger partial charge in [-0.1, -0.05) is 15.9 Å². The van der Waals surface area contributed by atoms with Gasteiger partial charge in [0.2, 0.25) is 0 Å². The van der Waals surface area contributed by atoms with Crippen LogP contribution in [0.15, 0.2) is 28.1 Å². The van der Waals surface area contributed by atoms with E-state index < -0.39 is 0 Å². The zero-order valence-electron chi connectivity index (χ0n) is 7.51. The number of nitrogens with zero attached hydrogens (tertiary/aromatic N) is 1. The molecule has 2 aromatic rings. The number of hydrogen-bond donors (Lipinski definition) is 0. The fraction of sp³-hybridized carbons (Fsp3) is 0.100. The van der Waals surface area contributed by atoms with Crippen LogP contribution in [0, 0.1) is 5.82 Å². The summed E-state index contributed by atoms with van der Waals surface area (Å²) in [5.74, 6) is -0.249. The van der Waals surface area contributed by atoms with Gasteiger partial charge in [0.15, 0.2) is 0 Å². The van der Waals surface area contributed by atoms with E-state index in [-0.39, 0.29) is 5.82 Å². The Bertz CT molecular complexity index is 484. The summed E-state index contributed by atoms with van der Waals surface area (Å²) in [6, 6.07) is 4.63. The van der Waals surface area contributed by atoms with E-state index in [1.807, 2.05) is 5.38 Å². The molecule has 1 aromatic carbocycles. The molecule has 0 saturated heterocycles. The van der Waals surface area contributed by atoms with Gasteiger partial charge in [-0.05, 0) is 45.7 Å². The predicted octanol–water partition coefficient (Wildman–Crippen LogP) is 4.61. The Hall–Kier alpha value is -0.260. The van der Waals surface area contributed by atoms with Gasteiger partial charge in [-0.3, -0.25) is 0 Å². The van der Waals surface area contributed by atoms with Crippen molar-refractivity contribution in [2.24, 2.45) is 0 Å². The number of aromatic nitrogens is 1. The Balaban J connectivity index is 2.54. The van der Waals surface area contributed by atoms with Gasteiger partial charge in [0.25, 0.3) is 0 Å². The number of halogens is 3. The van der Waals surface area contributed by atoms with Crippen molar-refractivity contribution in [3.05, 3.63) is 39.4 Å². The lowest BCUT2D eigenvalue weighted by Gasteiger charge is -2.03. The summed E-state index contributed by atoms with van der Waals surface area (Å²) in [5.41, 5.74) is 2.95. The lowest BCUT2D eigenvalue weighted by Crippen LogP contribution is -1.85. The molecule has 0 amide bonds. The summed E-state index contributed by atoms with van der Waals surface area (Å²) in [7, 11) is 0. The van der Waals surface area contributed by atoms with E-state index in [0.717, 1.165) is 26.6 Å². The number of hydrogen-bond acceptors (Lipinski definition) is 2. The third-order valence-electron chi connectivity index (χ3n) is 1.97. The summed E-state index contributed by atoms with van der Waals surface area (Å²) in [6.45, 7) is 0. The van der Waals surface area contributed by atoms with Crippen LogP contribution in [-0.2, 0) is 5.33 Å². The molecule has 1 aromatic heterocycles. The molecule has 15 heavy (non-hydrogen) atoms. The van der Waals surface area contributed by atoms with Crippen molar-refractivity contribution in [1.29, 1.82) is 0 Å². The Morgan fingerprint density at radius 2 is 2.20 bits per heavy atom. The first kappa shape index (κ1) is 11.2. The number of rotatable bonds is 2. The molecule has 0 radical (unpaired) electrons. The molecule has 0 fully saturated rings. The highest BCUT2D eigenvalue weighted by Crippen LogP contribution is 2.32. The van der Waals surface area contributed by atoms with Crippen molar-refractivity contribution in [3.8, 4) is 11.3 Å². The fourth-order valence-electron chi connectivity index (χ4n) is 1.26. The van der Waals surface area contributed by atoms with E-state index in [0.29, 0.717) is 0 Å². The molecule has 0 atom stereocenters. The molecule has 5 heteroatoms. The maximum absolute atomic E-state index is 12.9. The Labute approximate surface area is 108 Å². The lowest BCUT2D eigenvalue weighted by atomic mass is 10.1. The van der Waals surface area contributed by atoms with Crippen molar-refractivity contribution in [1.82, 2.24) is 4.37 Å². The topological polar surface area (TPSA) is 12.9 Å². The molecule has 0 aliphatic rings. The highest BCUT2D eigenvalue weighted by atomic mass is 79.9. The molecule has 0 spiro atoms. The van der Waals surface area contributed by atoms with Crippen LogP contribution < -0.4 is 0 Å². The summed E-state index contributed by atoms with van der Waals surface area (Å²) in [4.78, 5) is 0. The summed E-state index contributed by atoms with van der Waals surface area (Å²) in [6.07, 6.45) is 0. The minimum absolute atomic E-state index is 0.249. The van der Waals surface area contributed by atoms with E-state index in [4.69, 9.17) is 0 Å². The molecule has 1 nitrogen and oxygen atoms in total. The van der Waals surface area contributed by atoms with Crippen molar-refractivity contribution >= 4 is 43.4 Å². The first-order valence-electron chi connectivity index (χ1n) is 4.17. The number of alkyl halides is 1. The summed E-state index contributed by atoms with van der Waals surface area (Å²) in [5, 5.41) is 2.74. The molecule has 0 N–H and O–H groups in total. The van der Waals surface area contributed by atoms with Gasteiger partial charge >= 0.3 is 0 Å². The van der Waals surface area contributed by atoms with Crippen molar-refractivity contribution in [3.63, 3.8) is 0 Å². The zero-order chi connectivity index (χ0) is 10.8. The van der Waals surface area contributed by atoms with Crippen LogP contribution in [0.1, 0.15) is 5.56 Å². The van der Waals surface area contributed by atoms with Gasteiger partial charge in [0.05, 0.1) is 5.69 Å². The van der Waals surface area contributed by atoms with Gasteiger partial charge < -0.3 is 0 Å². The lowest BCUT2D eigenvalue weighted by molar-refractivity contribution is 0.627. The summed E-state index contributed by atoms with van der Waals surface area (Å²) >= 11 is 8.15. The first-order chi connectivity index (χ1) is 7.22. The summed E-state index contributed by atoms with van der Waals surface area (Å²) < 4.78 is 18.0. The first-order valence-corrected chi connectivity index (χ1v) is 6.92. The van der Waals surface area contributed by atoms with Gasteiger partial charge in [-0.25, -0.2) is 4.39 Å². The highest BCUT2D eigenvalue weighted by molar-refractivity contribution is 9.10. The molecule has 0 aliphatic carbocycles. The van der Waals surface area contributed by atoms with Crippen molar-refractivity contribution < 1.29 is 4.39 Å². The van der Waals surface area contributed by atoms with Crippen LogP contribution in [0.5, 0.6) is 0 Å². The van der Waals surface area contributed by atoms with E-state index in [9.17, 15) is 4.39 Å². The maximum Gasteiger partial charge on any atom is 0.124 e. The molecule has 0 bridgehead atoms. The molecule has 0 unspecified atom stereocenters. The van der Waals surface area contributed by atoms with Crippen LogP contribution in [0.2, 0.25) is 0 Å². The highest BCUT2D eigenvalue weighted by Gasteiger charge is 2.11. The molecule has 0 saturated carbocycles. The van der Waals surface area contributed by atoms with E-state index in [1.165, 1.54) is 23.7 Å². The minimum atomic E-state index is -0.249. The van der Waals surface area contributed by atoms with Gasteiger partial charge in [-0.15, -0.1) is 0 Å². The monoisotopic (exact) mass is 349 g/mol. The Kier molecular flexibility index (Phi) is 3.53. The van der Waals surface area contributed by atoms with Gasteiger partial charge in [0.1, 0.15) is 5.82 Å². The SMILES string of the molecule is Fc1ccc(-c2nscc2CBr)c(Br)c1. The van der Waals surface area contributed by atoms with Gasteiger partial charge in [-0.2, -0.15) is 4.37 Å². The van der Waals surface area contributed by atoms with E-state index in [2.05, 4.69) is 36.2 Å². The Morgan fingerprint density at radius 3 is 2.87 bits per heavy atom. The van der Waals surface area contributed by atoms with E-state index >= 15 is 0 Å². The molecular weight excluding hydrogens is 345 g/mol.